The number of nitrogens with zero attached hydrogens (tertiary/aromatic N) is 1. The molecule has 0 N–H and O–H groups in total. The number of ether oxygens (including phenoxy) is 1. The van der Waals surface area contributed by atoms with Crippen LogP contribution in [0.5, 0.6) is 0 Å². The summed E-state index contributed by atoms with van der Waals surface area (Å²) in [6.07, 6.45) is 2.48. The minimum atomic E-state index is 0.418. The Balaban J connectivity index is 1.85. The topological polar surface area (TPSA) is 29.5 Å². The summed E-state index contributed by atoms with van der Waals surface area (Å²) in [5.74, 6) is 0. The van der Waals surface area contributed by atoms with Gasteiger partial charge < -0.3 is 9.64 Å². The highest BCUT2D eigenvalue weighted by atomic mass is 32.1. The van der Waals surface area contributed by atoms with Crippen molar-refractivity contribution in [3.63, 3.8) is 0 Å². The number of fused-ring (bicyclic) bond motifs is 2. The number of hydrogen-bond acceptors (Lipinski definition) is 4. The minimum Gasteiger partial charge on any atom is -0.374 e. The van der Waals surface area contributed by atoms with Gasteiger partial charge in [-0.05, 0) is 18.6 Å². The van der Waals surface area contributed by atoms with Crippen LogP contribution in [0.2, 0.25) is 0 Å². The molecular weight excluding hydrogens is 198 g/mol. The molecule has 14 heavy (non-hydrogen) atoms. The lowest BCUT2D eigenvalue weighted by Crippen LogP contribution is -2.36. The summed E-state index contributed by atoms with van der Waals surface area (Å²) in [6, 6.07) is 4.47. The summed E-state index contributed by atoms with van der Waals surface area (Å²) in [7, 11) is 0. The van der Waals surface area contributed by atoms with Crippen LogP contribution in [0.1, 0.15) is 16.1 Å². The molecule has 2 aliphatic rings. The Bertz CT molecular complexity index is 363. The van der Waals surface area contributed by atoms with Crippen LogP contribution >= 0.6 is 11.3 Å². The van der Waals surface area contributed by atoms with Crippen molar-refractivity contribution in [2.75, 3.05) is 18.1 Å². The zero-order valence-corrected chi connectivity index (χ0v) is 8.50. The van der Waals surface area contributed by atoms with Crippen molar-refractivity contribution in [3.05, 3.63) is 17.0 Å². The summed E-state index contributed by atoms with van der Waals surface area (Å²) < 4.78 is 5.53. The second-order valence-corrected chi connectivity index (χ2v) is 4.88. The first-order chi connectivity index (χ1) is 6.86. The van der Waals surface area contributed by atoms with Crippen molar-refractivity contribution in [2.45, 2.75) is 18.6 Å². The van der Waals surface area contributed by atoms with Crippen LogP contribution in [0.4, 0.5) is 5.00 Å². The molecule has 0 saturated carbocycles. The predicted molar refractivity (Wildman–Crippen MR) is 55.2 cm³/mol. The Morgan fingerprint density at radius 1 is 1.57 bits per heavy atom. The minimum absolute atomic E-state index is 0.418. The van der Waals surface area contributed by atoms with Gasteiger partial charge in [0.2, 0.25) is 0 Å². The lowest BCUT2D eigenvalue weighted by Gasteiger charge is -2.27. The van der Waals surface area contributed by atoms with Crippen molar-refractivity contribution in [1.82, 2.24) is 0 Å². The smallest absolute Gasteiger partial charge is 0.160 e. The van der Waals surface area contributed by atoms with Gasteiger partial charge >= 0.3 is 0 Å². The Hall–Kier alpha value is -0.870. The van der Waals surface area contributed by atoms with Crippen molar-refractivity contribution in [2.24, 2.45) is 0 Å². The molecule has 2 saturated heterocycles. The van der Waals surface area contributed by atoms with E-state index in [0.29, 0.717) is 12.1 Å². The van der Waals surface area contributed by atoms with Gasteiger partial charge in [-0.1, -0.05) is 0 Å². The zero-order chi connectivity index (χ0) is 9.54. The van der Waals surface area contributed by atoms with E-state index in [4.69, 9.17) is 4.74 Å². The first kappa shape index (κ1) is 8.44. The maximum atomic E-state index is 10.6. The summed E-state index contributed by atoms with van der Waals surface area (Å²) in [5.41, 5.74) is 0. The van der Waals surface area contributed by atoms with E-state index in [9.17, 15) is 4.79 Å². The van der Waals surface area contributed by atoms with E-state index >= 15 is 0 Å². The zero-order valence-electron chi connectivity index (χ0n) is 7.68. The molecule has 4 heteroatoms. The van der Waals surface area contributed by atoms with Crippen molar-refractivity contribution >= 4 is 22.6 Å². The van der Waals surface area contributed by atoms with Crippen LogP contribution in [0.25, 0.3) is 0 Å². The quantitative estimate of drug-likeness (QED) is 0.692. The molecule has 2 fully saturated rings. The molecule has 2 aliphatic heterocycles. The van der Waals surface area contributed by atoms with Gasteiger partial charge in [0.1, 0.15) is 0 Å². The Labute approximate surface area is 86.3 Å². The highest BCUT2D eigenvalue weighted by Gasteiger charge is 2.39. The third kappa shape index (κ3) is 1.18. The second-order valence-electron chi connectivity index (χ2n) is 3.79. The molecule has 2 bridgehead atoms. The molecule has 2 atom stereocenters. The number of carbonyl (C=O) groups is 1. The number of rotatable bonds is 2. The molecule has 1 aromatic heterocycles. The van der Waals surface area contributed by atoms with Crippen LogP contribution in [-0.4, -0.2) is 31.6 Å². The summed E-state index contributed by atoms with van der Waals surface area (Å²) in [5, 5.41) is 1.21. The maximum absolute atomic E-state index is 10.6. The standard InChI is InChI=1S/C10H11NO2S/c12-5-9-1-2-10(14-9)11-4-8-3-7(11)6-13-8/h1-2,5,7-8H,3-4,6H2. The van der Waals surface area contributed by atoms with Crippen LogP contribution in [-0.2, 0) is 4.74 Å². The highest BCUT2D eigenvalue weighted by Crippen LogP contribution is 2.35. The second kappa shape index (κ2) is 3.07. The SMILES string of the molecule is O=Cc1ccc(N2CC3CC2CO3)s1. The fraction of sp³-hybridized carbons (Fsp3) is 0.500. The Morgan fingerprint density at radius 2 is 2.50 bits per heavy atom. The number of carbonyl (C=O) groups excluding carboxylic acids is 1. The molecule has 2 unspecified atom stereocenters. The number of anilines is 1. The van der Waals surface area contributed by atoms with Gasteiger partial charge in [-0.15, -0.1) is 11.3 Å². The van der Waals surface area contributed by atoms with Crippen LogP contribution in [0.15, 0.2) is 12.1 Å². The van der Waals surface area contributed by atoms with Crippen LogP contribution in [0, 0.1) is 0 Å². The molecule has 0 spiro atoms. The van der Waals surface area contributed by atoms with E-state index in [-0.39, 0.29) is 0 Å². The van der Waals surface area contributed by atoms with E-state index in [1.807, 2.05) is 12.1 Å². The maximum Gasteiger partial charge on any atom is 0.160 e. The number of hydrogen-bond donors (Lipinski definition) is 0. The fourth-order valence-corrected chi connectivity index (χ4v) is 3.13. The molecule has 0 radical (unpaired) electrons. The van der Waals surface area contributed by atoms with Crippen molar-refractivity contribution < 1.29 is 9.53 Å². The highest BCUT2D eigenvalue weighted by molar-refractivity contribution is 7.17. The first-order valence-electron chi connectivity index (χ1n) is 4.80. The molecular formula is C10H11NO2S. The first-order valence-corrected chi connectivity index (χ1v) is 5.62. The van der Waals surface area contributed by atoms with E-state index in [1.165, 1.54) is 5.00 Å². The van der Waals surface area contributed by atoms with Crippen molar-refractivity contribution in [3.8, 4) is 0 Å². The summed E-state index contributed by atoms with van der Waals surface area (Å²) in [4.78, 5) is 13.7. The van der Waals surface area contributed by atoms with Crippen molar-refractivity contribution in [1.29, 1.82) is 0 Å². The van der Waals surface area contributed by atoms with Crippen LogP contribution < -0.4 is 4.90 Å². The molecule has 74 valence electrons. The van der Waals surface area contributed by atoms with E-state index in [2.05, 4.69) is 4.90 Å². The average Bonchev–Trinajstić information content (AvgIpc) is 2.93. The van der Waals surface area contributed by atoms with Gasteiger partial charge in [0, 0.05) is 6.54 Å². The number of thiophene rings is 1. The normalized spacial score (nSPS) is 29.9. The van der Waals surface area contributed by atoms with Gasteiger partial charge in [0.05, 0.1) is 28.6 Å². The monoisotopic (exact) mass is 209 g/mol. The summed E-state index contributed by atoms with van der Waals surface area (Å²) >= 11 is 1.57. The molecule has 1 aromatic rings. The van der Waals surface area contributed by atoms with Gasteiger partial charge in [-0.3, -0.25) is 4.79 Å². The molecule has 3 heterocycles. The van der Waals surface area contributed by atoms with Crippen LogP contribution in [0.3, 0.4) is 0 Å². The number of aldehydes is 1. The predicted octanol–water partition coefficient (Wildman–Crippen LogP) is 1.54. The van der Waals surface area contributed by atoms with Gasteiger partial charge in [-0.25, -0.2) is 0 Å². The molecule has 3 rings (SSSR count). The Morgan fingerprint density at radius 3 is 3.07 bits per heavy atom. The van der Waals surface area contributed by atoms with E-state index in [0.717, 1.165) is 30.7 Å². The van der Waals surface area contributed by atoms with E-state index in [1.54, 1.807) is 11.3 Å². The largest absolute Gasteiger partial charge is 0.374 e. The van der Waals surface area contributed by atoms with Gasteiger partial charge in [0.15, 0.2) is 6.29 Å². The third-order valence-corrected chi connectivity index (χ3v) is 3.96. The fourth-order valence-electron chi connectivity index (χ4n) is 2.23. The van der Waals surface area contributed by atoms with E-state index < -0.39 is 0 Å². The lowest BCUT2D eigenvalue weighted by molar-refractivity contribution is 0.0993. The van der Waals surface area contributed by atoms with Gasteiger partial charge in [0.25, 0.3) is 0 Å². The lowest BCUT2D eigenvalue weighted by atomic mass is 10.2. The Kier molecular flexibility index (Phi) is 1.85. The molecule has 0 aromatic carbocycles. The average molecular weight is 209 g/mol. The third-order valence-electron chi connectivity index (χ3n) is 2.91. The molecule has 0 amide bonds. The molecule has 3 nitrogen and oxygen atoms in total. The molecule has 0 aliphatic carbocycles. The number of morpholine rings is 1. The summed E-state index contributed by atoms with van der Waals surface area (Å²) in [6.45, 7) is 1.84. The van der Waals surface area contributed by atoms with Gasteiger partial charge in [-0.2, -0.15) is 0 Å².